The highest BCUT2D eigenvalue weighted by Crippen LogP contribution is 2.41. The summed E-state index contributed by atoms with van der Waals surface area (Å²) < 4.78 is 62.9. The van der Waals surface area contributed by atoms with Gasteiger partial charge in [0.15, 0.2) is 11.6 Å². The van der Waals surface area contributed by atoms with Crippen molar-refractivity contribution in [1.29, 1.82) is 0 Å². The van der Waals surface area contributed by atoms with Crippen LogP contribution in [0.25, 0.3) is 22.0 Å². The Bertz CT molecular complexity index is 1620. The van der Waals surface area contributed by atoms with Gasteiger partial charge < -0.3 is 24.7 Å². The van der Waals surface area contributed by atoms with Crippen molar-refractivity contribution in [2.45, 2.75) is 13.5 Å². The molecular formula is C25H26F2N4O5S. The number of nitrogens with one attached hydrogen (secondary N) is 3. The summed E-state index contributed by atoms with van der Waals surface area (Å²) in [6, 6.07) is 7.69. The van der Waals surface area contributed by atoms with Gasteiger partial charge in [-0.25, -0.2) is 17.2 Å². The Morgan fingerprint density at radius 2 is 1.89 bits per heavy atom. The largest absolute Gasteiger partial charge is 0.454 e. The minimum atomic E-state index is -3.69. The van der Waals surface area contributed by atoms with E-state index in [1.165, 1.54) is 11.5 Å². The van der Waals surface area contributed by atoms with Crippen LogP contribution in [0.5, 0.6) is 11.5 Å². The van der Waals surface area contributed by atoms with Gasteiger partial charge in [0.25, 0.3) is 5.56 Å². The standard InChI is InChI=1S/C25H26F2N4O5S/c1-3-37(34,35)30-21-12-18(19-14-31(2)25(33)24-17(19)6-7-29-24)23(10-15(21)13-28-8-9-32)36-22-5-4-16(26)11-20(22)27/h4-7,10-12,14,28-30,32H,3,8-9,13H2,1-2H3. The number of hydrogen-bond acceptors (Lipinski definition) is 6. The van der Waals surface area contributed by atoms with Gasteiger partial charge in [-0.2, -0.15) is 0 Å². The lowest BCUT2D eigenvalue weighted by Gasteiger charge is -2.19. The Balaban J connectivity index is 1.98. The maximum atomic E-state index is 14.5. The van der Waals surface area contributed by atoms with Crippen molar-refractivity contribution in [1.82, 2.24) is 14.9 Å². The summed E-state index contributed by atoms with van der Waals surface area (Å²) in [6.45, 7) is 1.76. The molecule has 2 aromatic heterocycles. The molecule has 2 heterocycles. The molecule has 2 aromatic carbocycles. The van der Waals surface area contributed by atoms with Gasteiger partial charge in [0.1, 0.15) is 17.1 Å². The number of aliphatic hydroxyl groups is 1. The maximum absolute atomic E-state index is 14.5. The second-order valence-electron chi connectivity index (χ2n) is 8.31. The molecule has 4 N–H and O–H groups in total. The molecule has 0 radical (unpaired) electrons. The first-order chi connectivity index (χ1) is 17.6. The molecular weight excluding hydrogens is 506 g/mol. The van der Waals surface area contributed by atoms with E-state index in [2.05, 4.69) is 15.0 Å². The molecule has 0 unspecified atom stereocenters. The van der Waals surface area contributed by atoms with Crippen LogP contribution in [0.1, 0.15) is 12.5 Å². The lowest BCUT2D eigenvalue weighted by Crippen LogP contribution is -2.21. The van der Waals surface area contributed by atoms with Crippen molar-refractivity contribution in [3.8, 4) is 22.6 Å². The molecule has 0 atom stereocenters. The van der Waals surface area contributed by atoms with Crippen LogP contribution in [0.3, 0.4) is 0 Å². The Labute approximate surface area is 211 Å². The van der Waals surface area contributed by atoms with E-state index in [-0.39, 0.29) is 48.2 Å². The van der Waals surface area contributed by atoms with Crippen molar-refractivity contribution in [3.05, 3.63) is 76.3 Å². The van der Waals surface area contributed by atoms with Crippen LogP contribution in [0.15, 0.2) is 53.6 Å². The van der Waals surface area contributed by atoms with E-state index < -0.39 is 21.7 Å². The Hall–Kier alpha value is -3.74. The number of hydrogen-bond donors (Lipinski definition) is 4. The predicted octanol–water partition coefficient (Wildman–Crippen LogP) is 3.45. The summed E-state index contributed by atoms with van der Waals surface area (Å²) in [7, 11) is -2.12. The minimum Gasteiger partial charge on any atom is -0.454 e. The highest BCUT2D eigenvalue weighted by molar-refractivity contribution is 7.92. The van der Waals surface area contributed by atoms with Crippen LogP contribution in [0.4, 0.5) is 14.5 Å². The number of benzene rings is 2. The summed E-state index contributed by atoms with van der Waals surface area (Å²) in [6.07, 6.45) is 3.17. The van der Waals surface area contributed by atoms with Crippen LogP contribution in [-0.2, 0) is 23.6 Å². The topological polar surface area (TPSA) is 125 Å². The zero-order valence-electron chi connectivity index (χ0n) is 20.1. The lowest BCUT2D eigenvalue weighted by atomic mass is 9.99. The number of aromatic nitrogens is 2. The molecule has 0 saturated heterocycles. The summed E-state index contributed by atoms with van der Waals surface area (Å²) >= 11 is 0. The molecule has 9 nitrogen and oxygen atoms in total. The van der Waals surface area contributed by atoms with E-state index in [0.717, 1.165) is 12.1 Å². The molecule has 196 valence electrons. The molecule has 0 bridgehead atoms. The van der Waals surface area contributed by atoms with Gasteiger partial charge in [-0.3, -0.25) is 9.52 Å². The van der Waals surface area contributed by atoms with E-state index in [0.29, 0.717) is 33.7 Å². The summed E-state index contributed by atoms with van der Waals surface area (Å²) in [5, 5.41) is 12.7. The van der Waals surface area contributed by atoms with Crippen LogP contribution < -0.4 is 20.3 Å². The Kier molecular flexibility index (Phi) is 7.62. The molecule has 0 fully saturated rings. The number of aromatic amines is 1. The molecule has 0 aliphatic rings. The minimum absolute atomic E-state index is 0.137. The number of aliphatic hydroxyl groups excluding tert-OH is 1. The Morgan fingerprint density at radius 1 is 1.11 bits per heavy atom. The SMILES string of the molecule is CCS(=O)(=O)Nc1cc(-c2cn(C)c(=O)c3[nH]ccc23)c(Oc2ccc(F)cc2F)cc1CNCCO. The third kappa shape index (κ3) is 5.66. The van der Waals surface area contributed by atoms with Gasteiger partial charge in [0.2, 0.25) is 10.0 Å². The van der Waals surface area contributed by atoms with Crippen molar-refractivity contribution >= 4 is 26.6 Å². The molecule has 4 aromatic rings. The quantitative estimate of drug-likeness (QED) is 0.232. The number of sulfonamides is 1. The summed E-state index contributed by atoms with van der Waals surface area (Å²) in [5.41, 5.74) is 1.63. The highest BCUT2D eigenvalue weighted by atomic mass is 32.2. The monoisotopic (exact) mass is 532 g/mol. The first kappa shape index (κ1) is 26.3. The second-order valence-corrected chi connectivity index (χ2v) is 10.3. The molecule has 4 rings (SSSR count). The van der Waals surface area contributed by atoms with Crippen molar-refractivity contribution in [3.63, 3.8) is 0 Å². The fraction of sp³-hybridized carbons (Fsp3) is 0.240. The number of pyridine rings is 1. The third-order valence-electron chi connectivity index (χ3n) is 5.75. The van der Waals surface area contributed by atoms with Crippen LogP contribution in [-0.4, -0.2) is 42.0 Å². The second kappa shape index (κ2) is 10.7. The van der Waals surface area contributed by atoms with E-state index in [1.54, 1.807) is 37.6 Å². The number of fused-ring (bicyclic) bond motifs is 1. The maximum Gasteiger partial charge on any atom is 0.274 e. The molecule has 0 saturated carbocycles. The fourth-order valence-corrected chi connectivity index (χ4v) is 4.53. The third-order valence-corrected chi connectivity index (χ3v) is 7.04. The summed E-state index contributed by atoms with van der Waals surface area (Å²) in [4.78, 5) is 15.5. The molecule has 0 amide bonds. The van der Waals surface area contributed by atoms with E-state index >= 15 is 0 Å². The first-order valence-corrected chi connectivity index (χ1v) is 13.1. The average Bonchev–Trinajstić information content (AvgIpc) is 3.35. The number of anilines is 1. The Morgan fingerprint density at radius 3 is 2.59 bits per heavy atom. The number of halogens is 2. The van der Waals surface area contributed by atoms with Gasteiger partial charge in [0.05, 0.1) is 18.0 Å². The van der Waals surface area contributed by atoms with E-state index in [4.69, 9.17) is 9.84 Å². The molecule has 0 spiro atoms. The van der Waals surface area contributed by atoms with Crippen LogP contribution in [0.2, 0.25) is 0 Å². The first-order valence-electron chi connectivity index (χ1n) is 11.4. The van der Waals surface area contributed by atoms with Crippen LogP contribution >= 0.6 is 0 Å². The molecule has 37 heavy (non-hydrogen) atoms. The van der Waals surface area contributed by atoms with Crippen molar-refractivity contribution in [2.24, 2.45) is 7.05 Å². The molecule has 12 heteroatoms. The smallest absolute Gasteiger partial charge is 0.274 e. The predicted molar refractivity (Wildman–Crippen MR) is 137 cm³/mol. The average molecular weight is 533 g/mol. The van der Waals surface area contributed by atoms with E-state index in [1.807, 2.05) is 0 Å². The molecule has 0 aliphatic heterocycles. The highest BCUT2D eigenvalue weighted by Gasteiger charge is 2.21. The lowest BCUT2D eigenvalue weighted by molar-refractivity contribution is 0.292. The fourth-order valence-electron chi connectivity index (χ4n) is 3.86. The normalized spacial score (nSPS) is 11.7. The van der Waals surface area contributed by atoms with Crippen molar-refractivity contribution in [2.75, 3.05) is 23.6 Å². The summed E-state index contributed by atoms with van der Waals surface area (Å²) in [5.74, 6) is -1.96. The van der Waals surface area contributed by atoms with Crippen molar-refractivity contribution < 1.29 is 27.0 Å². The van der Waals surface area contributed by atoms with Gasteiger partial charge in [-0.15, -0.1) is 0 Å². The van der Waals surface area contributed by atoms with E-state index in [9.17, 15) is 22.0 Å². The molecule has 0 aliphatic carbocycles. The van der Waals surface area contributed by atoms with Crippen LogP contribution in [0, 0.1) is 11.6 Å². The number of H-pyrrole nitrogens is 1. The number of ether oxygens (including phenoxy) is 1. The zero-order chi connectivity index (χ0) is 26.7. The number of aryl methyl sites for hydroxylation is 1. The zero-order valence-corrected chi connectivity index (χ0v) is 21.0. The van der Waals surface area contributed by atoms with Gasteiger partial charge in [-0.1, -0.05) is 0 Å². The number of nitrogens with zero attached hydrogens (tertiary/aromatic N) is 1. The number of rotatable bonds is 10. The van der Waals surface area contributed by atoms with Gasteiger partial charge in [0, 0.05) is 55.1 Å². The van der Waals surface area contributed by atoms with Gasteiger partial charge >= 0.3 is 0 Å². The van der Waals surface area contributed by atoms with Gasteiger partial charge in [-0.05, 0) is 42.8 Å².